The summed E-state index contributed by atoms with van der Waals surface area (Å²) in [7, 11) is 0. The van der Waals surface area contributed by atoms with E-state index >= 15 is 0 Å². The van der Waals surface area contributed by atoms with Gasteiger partial charge in [0.1, 0.15) is 67.1 Å². The molecule has 3 saturated heterocycles. The molecule has 3 heterocycles. The minimum absolute atomic E-state index is 0.165. The zero-order chi connectivity index (χ0) is 60.0. The van der Waals surface area contributed by atoms with E-state index in [9.17, 15) is 80.8 Å². The largest absolute Gasteiger partial charge is 0.479 e. The third-order valence-corrected chi connectivity index (χ3v) is 21.5. The van der Waals surface area contributed by atoms with E-state index in [1.807, 2.05) is 27.7 Å². The number of aliphatic carboxylic acids is 1. The first-order chi connectivity index (χ1) is 37.9. The van der Waals surface area contributed by atoms with Gasteiger partial charge < -0.3 is 104 Å². The van der Waals surface area contributed by atoms with Crippen molar-refractivity contribution in [3.05, 3.63) is 34.9 Å². The standard InChI is InChI=1S/C57H88O24/c1-11-24(3)47(72)80-44-45(81-48(73)25(4)12-2)57(23-61)27(19-52(44,5)6)26-13-14-31-53(7)17-16-32(54(8,22-60)30(53)15-18-55(31,9)56(26,10)42(68)43(57)69)76-51-41(79-50-37(66)35(64)33(62)28(20-58)74-50)39(38(67)40(78-51)46(70)71)77-49-36(65)34(63)29(21-59)75-49/h11-13,27-45,49-51,58-69H,14-23H2,1-10H3,(H,70,71)/b24-11-,25-12-/t27?,28?,29-,30?,31?,32-,33+,34+,35+,36?,37?,38-,39+,40?,41?,42-,43+,44-,45-,49-,50-,51+,53-,54+,55+,56-,57-/m0/s1. The number of hydrogen-bond donors (Lipinski definition) is 13. The number of carbonyl (C=O) groups is 3. The molecule has 24 heteroatoms. The van der Waals surface area contributed by atoms with Crippen molar-refractivity contribution in [2.75, 3.05) is 26.4 Å². The Kier molecular flexibility index (Phi) is 18.4. The maximum atomic E-state index is 13.9. The van der Waals surface area contributed by atoms with Crippen molar-refractivity contribution < 1.29 is 119 Å². The minimum Gasteiger partial charge on any atom is -0.479 e. The molecule has 0 bridgehead atoms. The molecule has 24 nitrogen and oxygen atoms in total. The molecule has 0 aromatic carbocycles. The van der Waals surface area contributed by atoms with Gasteiger partial charge in [0.05, 0.1) is 50.2 Å². The second kappa shape index (κ2) is 23.3. The number of carboxylic acid groups (broad SMARTS) is 1. The fraction of sp³-hybridized carbons (Fsp3) is 0.842. The Morgan fingerprint density at radius 3 is 1.70 bits per heavy atom. The maximum Gasteiger partial charge on any atom is 0.335 e. The molecule has 3 aliphatic heterocycles. The topological polar surface area (TPSA) is 388 Å². The highest BCUT2D eigenvalue weighted by Crippen LogP contribution is 2.76. The summed E-state index contributed by atoms with van der Waals surface area (Å²) < 4.78 is 48.8. The summed E-state index contributed by atoms with van der Waals surface area (Å²) in [5.74, 6) is -4.48. The average Bonchev–Trinajstić information content (AvgIpc) is 1.99. The molecule has 0 aromatic rings. The summed E-state index contributed by atoms with van der Waals surface area (Å²) in [4.78, 5) is 40.4. The van der Waals surface area contributed by atoms with Crippen LogP contribution in [0.2, 0.25) is 0 Å². The molecule has 7 fully saturated rings. The number of carbonyl (C=O) groups excluding carboxylic acids is 2. The number of aliphatic hydroxyl groups excluding tert-OH is 12. The number of ether oxygens (including phenoxy) is 8. The van der Waals surface area contributed by atoms with Crippen LogP contribution < -0.4 is 0 Å². The van der Waals surface area contributed by atoms with Crippen LogP contribution >= 0.6 is 0 Å². The van der Waals surface area contributed by atoms with Gasteiger partial charge in [0.25, 0.3) is 0 Å². The quantitative estimate of drug-likeness (QED) is 0.0415. The molecule has 0 radical (unpaired) electrons. The van der Waals surface area contributed by atoms with Crippen molar-refractivity contribution in [2.24, 2.45) is 50.2 Å². The van der Waals surface area contributed by atoms with E-state index in [4.69, 9.17) is 37.9 Å². The molecule has 5 aliphatic carbocycles. The first-order valence-electron chi connectivity index (χ1n) is 28.3. The summed E-state index contributed by atoms with van der Waals surface area (Å²) >= 11 is 0. The molecular formula is C57H88O24. The second-order valence-corrected chi connectivity index (χ2v) is 25.9. The van der Waals surface area contributed by atoms with Gasteiger partial charge in [-0.1, -0.05) is 65.3 Å². The fourth-order valence-electron chi connectivity index (χ4n) is 16.2. The maximum absolute atomic E-state index is 13.9. The highest BCUT2D eigenvalue weighted by molar-refractivity contribution is 5.89. The van der Waals surface area contributed by atoms with Crippen LogP contribution in [0, 0.1) is 50.2 Å². The van der Waals surface area contributed by atoms with Crippen LogP contribution in [0.5, 0.6) is 0 Å². The summed E-state index contributed by atoms with van der Waals surface area (Å²) in [5.41, 5.74) is -5.25. The fourth-order valence-corrected chi connectivity index (χ4v) is 16.2. The summed E-state index contributed by atoms with van der Waals surface area (Å²) in [6.07, 6.45) is -25.7. The minimum atomic E-state index is -2.18. The van der Waals surface area contributed by atoms with E-state index in [-0.39, 0.29) is 24.3 Å². The SMILES string of the molecule is C/C=C(/C)C(=O)O[C@H]1[C@H](OC(=O)/C(C)=C\C)[C@@]2(CO)C(CC1(C)C)C1=CCC3[C@@]4(C)CC[C@H](O[C@@H]5OC(C(=O)O)[C@@H](O)[C@@H](O[C@@H]6O[C@@H](CO)[C@@H](O)C6O)C5O[C@@H]5OC(CO)[C@@H](O)[C@@H](O)C5O)[C@](C)(CO)C4CC[C@@]3(C)[C@]1(C)[C@@H](O)[C@H]2O. The van der Waals surface area contributed by atoms with E-state index in [2.05, 4.69) is 19.9 Å². The Labute approximate surface area is 471 Å². The van der Waals surface area contributed by atoms with Crippen LogP contribution in [0.4, 0.5) is 0 Å². The van der Waals surface area contributed by atoms with Crippen molar-refractivity contribution in [3.8, 4) is 0 Å². The Morgan fingerprint density at radius 2 is 1.17 bits per heavy atom. The third kappa shape index (κ3) is 9.98. The van der Waals surface area contributed by atoms with Crippen LogP contribution in [0.1, 0.15) is 108 Å². The number of hydrogen-bond acceptors (Lipinski definition) is 23. The molecule has 0 spiro atoms. The van der Waals surface area contributed by atoms with Crippen LogP contribution in [-0.2, 0) is 52.3 Å². The monoisotopic (exact) mass is 1160 g/mol. The second-order valence-electron chi connectivity index (χ2n) is 25.9. The summed E-state index contributed by atoms with van der Waals surface area (Å²) in [5, 5.41) is 146. The van der Waals surface area contributed by atoms with Crippen molar-refractivity contribution in [2.45, 2.75) is 224 Å². The van der Waals surface area contributed by atoms with Crippen molar-refractivity contribution in [1.29, 1.82) is 0 Å². The average molecular weight is 1160 g/mol. The van der Waals surface area contributed by atoms with Gasteiger partial charge in [-0.15, -0.1) is 0 Å². The smallest absolute Gasteiger partial charge is 0.335 e. The Hall–Kier alpha value is -3.09. The summed E-state index contributed by atoms with van der Waals surface area (Å²) in [6.45, 7) is 15.3. The molecule has 8 unspecified atom stereocenters. The van der Waals surface area contributed by atoms with E-state index in [1.165, 1.54) is 0 Å². The van der Waals surface area contributed by atoms with Gasteiger partial charge in [0, 0.05) is 27.4 Å². The lowest BCUT2D eigenvalue weighted by Gasteiger charge is -2.73. The Bertz CT molecular complexity index is 2410. The normalized spacial score (nSPS) is 49.8. The van der Waals surface area contributed by atoms with Gasteiger partial charge in [0.2, 0.25) is 0 Å². The van der Waals surface area contributed by atoms with Crippen LogP contribution in [0.25, 0.3) is 0 Å². The van der Waals surface area contributed by atoms with Crippen molar-refractivity contribution in [1.82, 2.24) is 0 Å². The number of rotatable bonds is 15. The highest BCUT2D eigenvalue weighted by Gasteiger charge is 2.77. The molecule has 8 aliphatic rings. The molecular weight excluding hydrogens is 1070 g/mol. The van der Waals surface area contributed by atoms with Crippen molar-refractivity contribution >= 4 is 17.9 Å². The lowest BCUT2D eigenvalue weighted by Crippen LogP contribution is -2.76. The molecule has 27 atom stereocenters. The number of fused-ring (bicyclic) bond motifs is 7. The predicted molar refractivity (Wildman–Crippen MR) is 278 cm³/mol. The van der Waals surface area contributed by atoms with E-state index in [0.29, 0.717) is 31.3 Å². The lowest BCUT2D eigenvalue weighted by molar-refractivity contribution is -0.387. The molecule has 0 aromatic heterocycles. The molecule has 13 N–H and O–H groups in total. The van der Waals surface area contributed by atoms with E-state index < -0.39 is 205 Å². The van der Waals surface area contributed by atoms with Gasteiger partial charge in [-0.05, 0) is 94.8 Å². The van der Waals surface area contributed by atoms with Crippen molar-refractivity contribution in [3.63, 3.8) is 0 Å². The van der Waals surface area contributed by atoms with Gasteiger partial charge in [0.15, 0.2) is 31.1 Å². The molecule has 81 heavy (non-hydrogen) atoms. The predicted octanol–water partition coefficient (Wildman–Crippen LogP) is -0.765. The number of allylic oxidation sites excluding steroid dienone is 3. The molecule has 0 amide bonds. The zero-order valence-electron chi connectivity index (χ0n) is 47.8. The molecule has 460 valence electrons. The number of esters is 2. The highest BCUT2D eigenvalue weighted by atomic mass is 16.8. The van der Waals surface area contributed by atoms with Crippen LogP contribution in [-0.4, -0.2) is 227 Å². The lowest BCUT2D eigenvalue weighted by atomic mass is 9.32. The number of carboxylic acids is 1. The Morgan fingerprint density at radius 1 is 0.630 bits per heavy atom. The third-order valence-electron chi connectivity index (χ3n) is 21.5. The number of aliphatic hydroxyl groups is 12. The van der Waals surface area contributed by atoms with E-state index in [0.717, 1.165) is 5.57 Å². The Balaban J connectivity index is 1.15. The van der Waals surface area contributed by atoms with Gasteiger partial charge >= 0.3 is 17.9 Å². The zero-order valence-corrected chi connectivity index (χ0v) is 47.8. The van der Waals surface area contributed by atoms with Crippen LogP contribution in [0.15, 0.2) is 34.9 Å². The first kappa shape index (κ1) is 63.9. The summed E-state index contributed by atoms with van der Waals surface area (Å²) in [6, 6.07) is 0. The van der Waals surface area contributed by atoms with Gasteiger partial charge in [-0.2, -0.15) is 0 Å². The van der Waals surface area contributed by atoms with Crippen LogP contribution in [0.3, 0.4) is 0 Å². The van der Waals surface area contributed by atoms with Gasteiger partial charge in [-0.25, -0.2) is 14.4 Å². The molecule has 8 rings (SSSR count). The molecule has 4 saturated carbocycles. The van der Waals surface area contributed by atoms with E-state index in [1.54, 1.807) is 39.8 Å². The first-order valence-corrected chi connectivity index (χ1v) is 28.3. The van der Waals surface area contributed by atoms with Gasteiger partial charge in [-0.3, -0.25) is 0 Å².